The molecule has 16 nitrogen and oxygen atoms in total. The predicted octanol–water partition coefficient (Wildman–Crippen LogP) is -2.84. The minimum Gasteiger partial charge on any atom is -0.480 e. The van der Waals surface area contributed by atoms with Crippen LogP contribution in [0.15, 0.2) is 0 Å². The molecule has 0 fully saturated rings. The second-order valence-electron chi connectivity index (χ2n) is 6.78. The van der Waals surface area contributed by atoms with Gasteiger partial charge in [0, 0.05) is 13.8 Å². The van der Waals surface area contributed by atoms with Crippen LogP contribution >= 0.6 is 0 Å². The van der Waals surface area contributed by atoms with E-state index in [-0.39, 0.29) is 0 Å². The number of quaternary nitrogens is 1. The number of aliphatic carboxylic acids is 6. The van der Waals surface area contributed by atoms with Crippen LogP contribution in [0.4, 0.5) is 0 Å². The van der Waals surface area contributed by atoms with Gasteiger partial charge in [-0.2, -0.15) is 4.59 Å². The van der Waals surface area contributed by atoms with Crippen LogP contribution in [0.3, 0.4) is 0 Å². The Morgan fingerprint density at radius 3 is 1.31 bits per heavy atom. The van der Waals surface area contributed by atoms with Crippen LogP contribution in [0.5, 0.6) is 0 Å². The molecule has 0 saturated carbocycles. The third-order valence-corrected chi connectivity index (χ3v) is 4.81. The highest BCUT2D eigenvalue weighted by molar-refractivity contribution is 5.77. The Hall–Kier alpha value is -3.34. The summed E-state index contributed by atoms with van der Waals surface area (Å²) < 4.78 is -1.52. The summed E-state index contributed by atoms with van der Waals surface area (Å²) >= 11 is 0. The molecule has 0 radical (unpaired) electrons. The van der Waals surface area contributed by atoms with E-state index >= 15 is 0 Å². The summed E-state index contributed by atoms with van der Waals surface area (Å²) in [5.41, 5.74) is 0. The van der Waals surface area contributed by atoms with Crippen LogP contribution in [0.1, 0.15) is 20.8 Å². The highest BCUT2D eigenvalue weighted by Gasteiger charge is 2.59. The molecule has 0 aromatic rings. The molecular weight excluding hydrogens is 440 g/mol. The molecule has 16 heteroatoms. The van der Waals surface area contributed by atoms with Crippen molar-refractivity contribution >= 4 is 35.8 Å². The first-order valence-corrected chi connectivity index (χ1v) is 9.06. The highest BCUT2D eigenvalue weighted by Crippen LogP contribution is 2.29. The van der Waals surface area contributed by atoms with Gasteiger partial charge in [0.15, 0.2) is 6.04 Å². The number of hydrogen-bond donors (Lipinski definition) is 8. The molecule has 0 aromatic heterocycles. The molecule has 4 atom stereocenters. The van der Waals surface area contributed by atoms with E-state index in [0.29, 0.717) is 5.01 Å². The minimum absolute atomic E-state index is 0.538. The topological polar surface area (TPSA) is 251 Å². The highest BCUT2D eigenvalue weighted by atomic mass is 16.4. The zero-order valence-corrected chi connectivity index (χ0v) is 17.5. The SMILES string of the molecule is CC(C(=O)O)[N+](C(NCC(=O)O)NCC(=O)O)([C@@H](C)C(=O)O)N(CC(=O)O)[C@@H](C)C(=O)O. The lowest BCUT2D eigenvalue weighted by atomic mass is 10.1. The van der Waals surface area contributed by atoms with E-state index in [1.54, 1.807) is 0 Å². The van der Waals surface area contributed by atoms with E-state index in [2.05, 4.69) is 10.6 Å². The van der Waals surface area contributed by atoms with E-state index in [1.165, 1.54) is 0 Å². The van der Waals surface area contributed by atoms with Crippen molar-refractivity contribution in [2.75, 3.05) is 19.6 Å². The van der Waals surface area contributed by atoms with Gasteiger partial charge in [0.25, 0.3) is 0 Å². The number of hydrogen-bond acceptors (Lipinski definition) is 9. The van der Waals surface area contributed by atoms with Gasteiger partial charge in [-0.1, -0.05) is 0 Å². The Balaban J connectivity index is 7.29. The Labute approximate surface area is 181 Å². The molecule has 0 rings (SSSR count). The van der Waals surface area contributed by atoms with Gasteiger partial charge in [0.05, 0.1) is 0 Å². The lowest BCUT2D eigenvalue weighted by Crippen LogP contribution is -2.83. The van der Waals surface area contributed by atoms with Gasteiger partial charge in [-0.25, -0.2) is 20.2 Å². The summed E-state index contributed by atoms with van der Waals surface area (Å²) in [7, 11) is 0. The summed E-state index contributed by atoms with van der Waals surface area (Å²) in [4.78, 5) is 69.6. The van der Waals surface area contributed by atoms with Crippen molar-refractivity contribution in [2.45, 2.75) is 45.2 Å². The largest absolute Gasteiger partial charge is 0.480 e. The number of nitrogens with zero attached hydrogens (tertiary/aromatic N) is 2. The third kappa shape index (κ3) is 6.84. The van der Waals surface area contributed by atoms with Gasteiger partial charge < -0.3 is 30.6 Å². The van der Waals surface area contributed by atoms with E-state index in [1.807, 2.05) is 0 Å². The smallest absolute Gasteiger partial charge is 0.364 e. The monoisotopic (exact) mass is 467 g/mol. The van der Waals surface area contributed by atoms with Gasteiger partial charge in [0.2, 0.25) is 18.4 Å². The third-order valence-electron chi connectivity index (χ3n) is 4.81. The summed E-state index contributed by atoms with van der Waals surface area (Å²) in [5, 5.41) is 61.5. The van der Waals surface area contributed by atoms with Crippen molar-refractivity contribution in [3.63, 3.8) is 0 Å². The van der Waals surface area contributed by atoms with E-state index in [9.17, 15) is 49.2 Å². The fraction of sp³-hybridized carbons (Fsp3) is 0.625. The summed E-state index contributed by atoms with van der Waals surface area (Å²) in [6.45, 7) is -0.140. The molecule has 0 aliphatic heterocycles. The molecule has 0 amide bonds. The maximum absolute atomic E-state index is 12.0. The molecule has 2 unspecified atom stereocenters. The Morgan fingerprint density at radius 1 is 0.688 bits per heavy atom. The van der Waals surface area contributed by atoms with Crippen LogP contribution in [0.2, 0.25) is 0 Å². The number of rotatable bonds is 16. The second-order valence-corrected chi connectivity index (χ2v) is 6.78. The maximum atomic E-state index is 12.0. The summed E-state index contributed by atoms with van der Waals surface area (Å²) in [6.07, 6.45) is -1.86. The summed E-state index contributed by atoms with van der Waals surface area (Å²) in [5.74, 6) is -9.65. The molecular formula is C16H27N4O12+. The Morgan fingerprint density at radius 2 is 1.06 bits per heavy atom. The molecule has 32 heavy (non-hydrogen) atoms. The zero-order chi connectivity index (χ0) is 25.4. The van der Waals surface area contributed by atoms with Crippen LogP contribution in [0, 0.1) is 0 Å². The number of carboxylic acid groups (broad SMARTS) is 6. The second kappa shape index (κ2) is 11.9. The van der Waals surface area contributed by atoms with E-state index < -0.39 is 84.5 Å². The van der Waals surface area contributed by atoms with E-state index in [0.717, 1.165) is 20.8 Å². The standard InChI is InChI=1S/C16H26N4O12/c1-7(13(27)28)19(6-12(25)26)20(8(2)14(29)30,9(3)15(31)32)16(17-4-10(21)22)18-5-11(23)24/h7-9,16-18H,4-6H2,1-3H3,(H5-,21,22,23,24,25,26,27,28,29,30,31,32)/p+1/t7-,8-,9?,20?/m0/s1. The van der Waals surface area contributed by atoms with E-state index in [4.69, 9.17) is 10.2 Å². The number of carboxylic acids is 6. The van der Waals surface area contributed by atoms with Gasteiger partial charge in [0.1, 0.15) is 19.6 Å². The van der Waals surface area contributed by atoms with Gasteiger partial charge in [-0.05, 0) is 6.92 Å². The van der Waals surface area contributed by atoms with Crippen molar-refractivity contribution in [1.82, 2.24) is 15.6 Å². The molecule has 8 N–H and O–H groups in total. The van der Waals surface area contributed by atoms with Crippen LogP contribution in [0.25, 0.3) is 0 Å². The average Bonchev–Trinajstić information content (AvgIpc) is 2.66. The van der Waals surface area contributed by atoms with Crippen molar-refractivity contribution in [3.05, 3.63) is 0 Å². The number of nitrogens with one attached hydrogen (secondary N) is 2. The zero-order valence-electron chi connectivity index (χ0n) is 17.5. The Kier molecular flexibility index (Phi) is 10.7. The molecule has 0 saturated heterocycles. The predicted molar refractivity (Wildman–Crippen MR) is 101 cm³/mol. The Bertz CT molecular complexity index is 719. The molecule has 0 bridgehead atoms. The fourth-order valence-corrected chi connectivity index (χ4v) is 3.29. The van der Waals surface area contributed by atoms with Gasteiger partial charge in [-0.3, -0.25) is 19.2 Å². The first kappa shape index (κ1) is 28.7. The molecule has 0 aliphatic carbocycles. The lowest BCUT2D eigenvalue weighted by molar-refractivity contribution is -1.08. The van der Waals surface area contributed by atoms with Crippen LogP contribution in [-0.4, -0.2) is 120 Å². The van der Waals surface area contributed by atoms with Crippen LogP contribution < -0.4 is 10.6 Å². The fourth-order valence-electron chi connectivity index (χ4n) is 3.29. The van der Waals surface area contributed by atoms with Gasteiger partial charge >= 0.3 is 35.8 Å². The molecule has 182 valence electrons. The molecule has 0 aliphatic rings. The molecule has 0 aromatic carbocycles. The molecule has 0 spiro atoms. The minimum atomic E-state index is -1.89. The van der Waals surface area contributed by atoms with Crippen molar-refractivity contribution in [2.24, 2.45) is 0 Å². The van der Waals surface area contributed by atoms with Gasteiger partial charge in [-0.15, -0.1) is 5.01 Å². The van der Waals surface area contributed by atoms with Crippen molar-refractivity contribution in [3.8, 4) is 0 Å². The number of carbonyl (C=O) groups is 6. The maximum Gasteiger partial charge on any atom is 0.364 e. The van der Waals surface area contributed by atoms with Crippen molar-refractivity contribution < 1.29 is 64.0 Å². The van der Waals surface area contributed by atoms with Crippen molar-refractivity contribution in [1.29, 1.82) is 0 Å². The molecule has 0 heterocycles. The normalized spacial score (nSPS) is 16.0. The van der Waals surface area contributed by atoms with Crippen LogP contribution in [-0.2, 0) is 28.8 Å². The first-order valence-electron chi connectivity index (χ1n) is 9.06. The first-order chi connectivity index (χ1) is 14.6. The quantitative estimate of drug-likeness (QED) is 0.0646. The summed E-state index contributed by atoms with van der Waals surface area (Å²) in [6, 6.07) is -5.58. The lowest BCUT2D eigenvalue weighted by Gasteiger charge is -2.54. The average molecular weight is 467 g/mol.